The summed E-state index contributed by atoms with van der Waals surface area (Å²) in [4.78, 5) is 16.6. The lowest BCUT2D eigenvalue weighted by Crippen LogP contribution is -2.13. The van der Waals surface area contributed by atoms with Crippen LogP contribution in [0.3, 0.4) is 0 Å². The van der Waals surface area contributed by atoms with Crippen LogP contribution in [0.15, 0.2) is 71.5 Å². The molecule has 0 aliphatic carbocycles. The van der Waals surface area contributed by atoms with E-state index in [1.807, 2.05) is 24.3 Å². The molecule has 2 aromatic carbocycles. The molecule has 0 unspecified atom stereocenters. The van der Waals surface area contributed by atoms with Gasteiger partial charge in [-0.2, -0.15) is 0 Å². The van der Waals surface area contributed by atoms with E-state index in [1.165, 1.54) is 11.1 Å². The fraction of sp³-hybridized carbons (Fsp3) is 0.100. The van der Waals surface area contributed by atoms with Gasteiger partial charge >= 0.3 is 0 Å². The van der Waals surface area contributed by atoms with Crippen LogP contribution in [0.25, 0.3) is 0 Å². The van der Waals surface area contributed by atoms with Crippen LogP contribution in [-0.4, -0.2) is 10.9 Å². The first-order valence-corrected chi connectivity index (χ1v) is 8.71. The van der Waals surface area contributed by atoms with Crippen molar-refractivity contribution in [3.8, 4) is 0 Å². The Hall–Kier alpha value is -2.66. The van der Waals surface area contributed by atoms with E-state index in [-0.39, 0.29) is 5.91 Å². The highest BCUT2D eigenvalue weighted by molar-refractivity contribution is 9.10. The van der Waals surface area contributed by atoms with E-state index in [4.69, 9.17) is 0 Å². The largest absolute Gasteiger partial charge is 0.380 e. The number of para-hydroxylation sites is 1. The number of carbonyl (C=O) groups is 1. The van der Waals surface area contributed by atoms with Crippen LogP contribution in [0.4, 0.5) is 11.4 Å². The number of benzene rings is 2. The van der Waals surface area contributed by atoms with Gasteiger partial charge in [-0.1, -0.05) is 42.0 Å². The first-order valence-electron chi connectivity index (χ1n) is 7.92. The van der Waals surface area contributed by atoms with Crippen LogP contribution >= 0.6 is 15.9 Å². The molecule has 0 aliphatic heterocycles. The molecule has 0 atom stereocenters. The molecule has 0 saturated carbocycles. The normalized spacial score (nSPS) is 10.3. The third-order valence-corrected chi connectivity index (χ3v) is 4.43. The maximum Gasteiger partial charge on any atom is 0.257 e. The van der Waals surface area contributed by atoms with Gasteiger partial charge in [0.15, 0.2) is 0 Å². The number of aryl methyl sites for hydroxylation is 1. The third-order valence-electron chi connectivity index (χ3n) is 3.74. The monoisotopic (exact) mass is 395 g/mol. The predicted molar refractivity (Wildman–Crippen MR) is 105 cm³/mol. The maximum absolute atomic E-state index is 12.4. The first kappa shape index (κ1) is 17.2. The summed E-state index contributed by atoms with van der Waals surface area (Å²) in [5.74, 6) is -0.196. The molecule has 0 spiro atoms. The Morgan fingerprint density at radius 2 is 1.84 bits per heavy atom. The summed E-state index contributed by atoms with van der Waals surface area (Å²) < 4.78 is 0.838. The second-order valence-corrected chi connectivity index (χ2v) is 6.59. The summed E-state index contributed by atoms with van der Waals surface area (Å²) in [5, 5.41) is 6.18. The maximum atomic E-state index is 12.4. The molecule has 0 aliphatic rings. The second kappa shape index (κ2) is 7.94. The molecule has 5 heteroatoms. The quantitative estimate of drug-likeness (QED) is 0.637. The average molecular weight is 396 g/mol. The molecule has 4 nitrogen and oxygen atoms in total. The molecule has 0 saturated heterocycles. The zero-order valence-corrected chi connectivity index (χ0v) is 15.4. The van der Waals surface area contributed by atoms with Gasteiger partial charge in [-0.3, -0.25) is 9.78 Å². The van der Waals surface area contributed by atoms with Crippen LogP contribution in [0, 0.1) is 6.92 Å². The fourth-order valence-corrected chi connectivity index (χ4v) is 2.71. The molecule has 1 aromatic heterocycles. The van der Waals surface area contributed by atoms with Crippen molar-refractivity contribution in [3.05, 3.63) is 88.2 Å². The molecule has 3 rings (SSSR count). The van der Waals surface area contributed by atoms with Crippen molar-refractivity contribution < 1.29 is 4.79 Å². The first-order chi connectivity index (χ1) is 12.1. The Morgan fingerprint density at radius 3 is 2.60 bits per heavy atom. The number of hydrogen-bond donors (Lipinski definition) is 2. The van der Waals surface area contributed by atoms with Gasteiger partial charge in [-0.15, -0.1) is 0 Å². The van der Waals surface area contributed by atoms with E-state index >= 15 is 0 Å². The van der Waals surface area contributed by atoms with Crippen LogP contribution in [-0.2, 0) is 6.54 Å². The molecule has 0 fully saturated rings. The molecule has 1 amide bonds. The van der Waals surface area contributed by atoms with Crippen molar-refractivity contribution in [1.82, 2.24) is 4.98 Å². The summed E-state index contributed by atoms with van der Waals surface area (Å²) >= 11 is 3.42. The van der Waals surface area contributed by atoms with E-state index in [0.29, 0.717) is 12.1 Å². The molecule has 2 N–H and O–H groups in total. The number of nitrogens with one attached hydrogen (secondary N) is 2. The van der Waals surface area contributed by atoms with Crippen LogP contribution < -0.4 is 10.6 Å². The molecule has 25 heavy (non-hydrogen) atoms. The Balaban J connectivity index is 1.67. The van der Waals surface area contributed by atoms with Crippen molar-refractivity contribution in [3.63, 3.8) is 0 Å². The van der Waals surface area contributed by atoms with E-state index < -0.39 is 0 Å². The summed E-state index contributed by atoms with van der Waals surface area (Å²) in [5.41, 5.74) is 4.44. The zero-order valence-electron chi connectivity index (χ0n) is 13.8. The Bertz CT molecular complexity index is 878. The highest BCUT2D eigenvalue weighted by Gasteiger charge is 2.09. The summed E-state index contributed by atoms with van der Waals surface area (Å²) in [6, 6.07) is 17.6. The standard InChI is InChI=1S/C20H18BrN3O/c1-14-6-8-15(9-7-14)11-23-17-10-16(12-22-13-17)20(25)24-19-5-3-2-4-18(19)21/h2-10,12-13,23H,11H2,1H3,(H,24,25). The van der Waals surface area contributed by atoms with E-state index in [9.17, 15) is 4.79 Å². The molecule has 0 bridgehead atoms. The minimum absolute atomic E-state index is 0.196. The SMILES string of the molecule is Cc1ccc(CNc2cncc(C(=O)Nc3ccccc3Br)c2)cc1. The molecular formula is C20H18BrN3O. The lowest BCUT2D eigenvalue weighted by atomic mass is 10.1. The number of rotatable bonds is 5. The van der Waals surface area contributed by atoms with Crippen molar-refractivity contribution in [2.45, 2.75) is 13.5 Å². The highest BCUT2D eigenvalue weighted by atomic mass is 79.9. The van der Waals surface area contributed by atoms with Gasteiger partial charge in [-0.05, 0) is 46.6 Å². The highest BCUT2D eigenvalue weighted by Crippen LogP contribution is 2.22. The second-order valence-electron chi connectivity index (χ2n) is 5.74. The molecular weight excluding hydrogens is 378 g/mol. The number of amides is 1. The molecule has 3 aromatic rings. The number of carbonyl (C=O) groups excluding carboxylic acids is 1. The molecule has 0 radical (unpaired) electrons. The lowest BCUT2D eigenvalue weighted by molar-refractivity contribution is 0.102. The number of pyridine rings is 1. The number of nitrogens with zero attached hydrogens (tertiary/aromatic N) is 1. The van der Waals surface area contributed by atoms with Crippen LogP contribution in [0.1, 0.15) is 21.5 Å². The van der Waals surface area contributed by atoms with Gasteiger partial charge in [0.2, 0.25) is 0 Å². The van der Waals surface area contributed by atoms with Gasteiger partial charge in [-0.25, -0.2) is 0 Å². The average Bonchev–Trinajstić information content (AvgIpc) is 2.63. The predicted octanol–water partition coefficient (Wildman–Crippen LogP) is 5.02. The van der Waals surface area contributed by atoms with Gasteiger partial charge in [0.1, 0.15) is 0 Å². The fourth-order valence-electron chi connectivity index (χ4n) is 2.33. The third kappa shape index (κ3) is 4.67. The topological polar surface area (TPSA) is 54.0 Å². The Kier molecular flexibility index (Phi) is 5.46. The van der Waals surface area contributed by atoms with Gasteiger partial charge in [0.05, 0.1) is 16.9 Å². The summed E-state index contributed by atoms with van der Waals surface area (Å²) in [6.07, 6.45) is 3.27. The number of aromatic nitrogens is 1. The van der Waals surface area contributed by atoms with Gasteiger partial charge in [0, 0.05) is 23.4 Å². The van der Waals surface area contributed by atoms with E-state index in [1.54, 1.807) is 18.5 Å². The minimum Gasteiger partial charge on any atom is -0.380 e. The lowest BCUT2D eigenvalue weighted by Gasteiger charge is -2.10. The number of anilines is 2. The molecule has 126 valence electrons. The van der Waals surface area contributed by atoms with Crippen molar-refractivity contribution in [2.24, 2.45) is 0 Å². The van der Waals surface area contributed by atoms with Crippen LogP contribution in [0.2, 0.25) is 0 Å². The van der Waals surface area contributed by atoms with Crippen molar-refractivity contribution in [1.29, 1.82) is 0 Å². The Labute approximate surface area is 155 Å². The summed E-state index contributed by atoms with van der Waals surface area (Å²) in [6.45, 7) is 2.74. The Morgan fingerprint density at radius 1 is 1.08 bits per heavy atom. The number of halogens is 1. The smallest absolute Gasteiger partial charge is 0.257 e. The number of hydrogen-bond acceptors (Lipinski definition) is 3. The van der Waals surface area contributed by atoms with Crippen molar-refractivity contribution in [2.75, 3.05) is 10.6 Å². The minimum atomic E-state index is -0.196. The van der Waals surface area contributed by atoms with Gasteiger partial charge in [0.25, 0.3) is 5.91 Å². The summed E-state index contributed by atoms with van der Waals surface area (Å²) in [7, 11) is 0. The van der Waals surface area contributed by atoms with E-state index in [0.717, 1.165) is 15.8 Å². The van der Waals surface area contributed by atoms with Gasteiger partial charge < -0.3 is 10.6 Å². The van der Waals surface area contributed by atoms with Crippen LogP contribution in [0.5, 0.6) is 0 Å². The van der Waals surface area contributed by atoms with Crippen molar-refractivity contribution >= 4 is 33.2 Å². The van der Waals surface area contributed by atoms with E-state index in [2.05, 4.69) is 62.7 Å². The zero-order chi connectivity index (χ0) is 17.6. The molecule has 1 heterocycles.